The molecule has 26 heavy (non-hydrogen) atoms. The maximum atomic E-state index is 13.2. The van der Waals surface area contributed by atoms with Crippen molar-refractivity contribution in [3.63, 3.8) is 0 Å². The SMILES string of the molecule is Cc1cc(F)ccc1NC(=O)c1cccnc1SCCN1CCCCC1. The molecule has 1 aliphatic rings. The highest BCUT2D eigenvalue weighted by atomic mass is 32.2. The van der Waals surface area contributed by atoms with Gasteiger partial charge in [-0.05, 0) is 68.8 Å². The van der Waals surface area contributed by atoms with Crippen LogP contribution in [-0.4, -0.2) is 41.2 Å². The van der Waals surface area contributed by atoms with Crippen LogP contribution in [0.3, 0.4) is 0 Å². The van der Waals surface area contributed by atoms with E-state index < -0.39 is 0 Å². The number of carbonyl (C=O) groups is 1. The standard InChI is InChI=1S/C20H24FN3OS/c1-15-14-16(21)7-8-18(15)23-19(25)17-6-5-9-22-20(17)26-13-12-24-10-3-2-4-11-24/h5-9,14H,2-4,10-13H2,1H3,(H,23,25). The Bertz CT molecular complexity index is 762. The summed E-state index contributed by atoms with van der Waals surface area (Å²) in [7, 11) is 0. The Morgan fingerprint density at radius 2 is 2.08 bits per heavy atom. The molecule has 1 aliphatic heterocycles. The van der Waals surface area contributed by atoms with Crippen molar-refractivity contribution in [3.05, 3.63) is 53.5 Å². The Labute approximate surface area is 158 Å². The van der Waals surface area contributed by atoms with E-state index in [0.717, 1.165) is 17.3 Å². The van der Waals surface area contributed by atoms with Gasteiger partial charge in [0.15, 0.2) is 0 Å². The summed E-state index contributed by atoms with van der Waals surface area (Å²) < 4.78 is 13.2. The lowest BCUT2D eigenvalue weighted by molar-refractivity contribution is 0.102. The van der Waals surface area contributed by atoms with Crippen LogP contribution in [0.15, 0.2) is 41.6 Å². The van der Waals surface area contributed by atoms with E-state index in [1.54, 1.807) is 43.1 Å². The molecule has 1 aromatic heterocycles. The molecular weight excluding hydrogens is 349 g/mol. The number of aromatic nitrogens is 1. The van der Waals surface area contributed by atoms with Crippen LogP contribution >= 0.6 is 11.8 Å². The van der Waals surface area contributed by atoms with Gasteiger partial charge >= 0.3 is 0 Å². The molecule has 2 heterocycles. The first kappa shape index (κ1) is 18.9. The number of anilines is 1. The van der Waals surface area contributed by atoms with Gasteiger partial charge < -0.3 is 10.2 Å². The number of nitrogens with zero attached hydrogens (tertiary/aromatic N) is 2. The summed E-state index contributed by atoms with van der Waals surface area (Å²) in [5, 5.41) is 3.60. The fourth-order valence-corrected chi connectivity index (χ4v) is 4.08. The maximum absolute atomic E-state index is 13.2. The minimum atomic E-state index is -0.309. The van der Waals surface area contributed by atoms with Gasteiger partial charge in [0.1, 0.15) is 10.8 Å². The second-order valence-corrected chi connectivity index (χ2v) is 7.60. The van der Waals surface area contributed by atoms with Crippen molar-refractivity contribution >= 4 is 23.4 Å². The number of carbonyl (C=O) groups excluding carboxylic acids is 1. The average Bonchev–Trinajstić information content (AvgIpc) is 2.65. The van der Waals surface area contributed by atoms with Crippen molar-refractivity contribution in [2.24, 2.45) is 0 Å². The van der Waals surface area contributed by atoms with E-state index in [1.807, 2.05) is 0 Å². The molecule has 0 radical (unpaired) electrons. The van der Waals surface area contributed by atoms with Crippen molar-refractivity contribution < 1.29 is 9.18 Å². The van der Waals surface area contributed by atoms with Gasteiger partial charge in [0.2, 0.25) is 0 Å². The topological polar surface area (TPSA) is 45.2 Å². The lowest BCUT2D eigenvalue weighted by atomic mass is 10.1. The zero-order chi connectivity index (χ0) is 18.4. The van der Waals surface area contributed by atoms with E-state index in [2.05, 4.69) is 15.2 Å². The zero-order valence-electron chi connectivity index (χ0n) is 15.0. The molecule has 1 N–H and O–H groups in total. The Morgan fingerprint density at radius 1 is 1.27 bits per heavy atom. The molecule has 3 rings (SSSR count). The number of thioether (sulfide) groups is 1. The van der Waals surface area contributed by atoms with Crippen LogP contribution in [0, 0.1) is 12.7 Å². The third-order valence-corrected chi connectivity index (χ3v) is 5.53. The summed E-state index contributed by atoms with van der Waals surface area (Å²) in [6.07, 6.45) is 5.60. The van der Waals surface area contributed by atoms with Crippen LogP contribution in [0.4, 0.5) is 10.1 Å². The molecule has 0 saturated carbocycles. The third-order valence-electron chi connectivity index (χ3n) is 4.55. The van der Waals surface area contributed by atoms with Crippen LogP contribution in [0.25, 0.3) is 0 Å². The number of nitrogens with one attached hydrogen (secondary N) is 1. The Hall–Kier alpha value is -1.92. The molecule has 1 aromatic carbocycles. The number of rotatable bonds is 6. The number of hydrogen-bond acceptors (Lipinski definition) is 4. The van der Waals surface area contributed by atoms with E-state index >= 15 is 0 Å². The molecule has 0 unspecified atom stereocenters. The predicted octanol–water partition coefficient (Wildman–Crippen LogP) is 4.36. The summed E-state index contributed by atoms with van der Waals surface area (Å²) in [6.45, 7) is 5.12. The van der Waals surface area contributed by atoms with Gasteiger partial charge in [-0.3, -0.25) is 4.79 Å². The van der Waals surface area contributed by atoms with E-state index in [1.165, 1.54) is 44.5 Å². The third kappa shape index (κ3) is 5.05. The molecule has 0 spiro atoms. The molecule has 6 heteroatoms. The van der Waals surface area contributed by atoms with Crippen molar-refractivity contribution in [1.82, 2.24) is 9.88 Å². The molecule has 1 amide bonds. The number of likely N-dealkylation sites (tertiary alicyclic amines) is 1. The van der Waals surface area contributed by atoms with Crippen LogP contribution in [0.5, 0.6) is 0 Å². The van der Waals surface area contributed by atoms with E-state index in [0.29, 0.717) is 16.8 Å². The Kier molecular flexibility index (Phi) is 6.63. The van der Waals surface area contributed by atoms with Gasteiger partial charge in [-0.25, -0.2) is 9.37 Å². The van der Waals surface area contributed by atoms with Crippen LogP contribution < -0.4 is 5.32 Å². The van der Waals surface area contributed by atoms with Crippen LogP contribution in [0.1, 0.15) is 35.2 Å². The number of hydrogen-bond donors (Lipinski definition) is 1. The second kappa shape index (κ2) is 9.14. The van der Waals surface area contributed by atoms with Crippen molar-refractivity contribution in [2.75, 3.05) is 30.7 Å². The number of pyridine rings is 1. The van der Waals surface area contributed by atoms with E-state index in [9.17, 15) is 9.18 Å². The van der Waals surface area contributed by atoms with Gasteiger partial charge in [-0.15, -0.1) is 11.8 Å². The minimum absolute atomic E-state index is 0.215. The fraction of sp³-hybridized carbons (Fsp3) is 0.400. The molecule has 1 saturated heterocycles. The molecule has 4 nitrogen and oxygen atoms in total. The normalized spacial score (nSPS) is 15.0. The van der Waals surface area contributed by atoms with Gasteiger partial charge in [0, 0.05) is 24.2 Å². The lowest BCUT2D eigenvalue weighted by Crippen LogP contribution is -2.31. The number of amides is 1. The van der Waals surface area contributed by atoms with Gasteiger partial charge in [-0.2, -0.15) is 0 Å². The van der Waals surface area contributed by atoms with E-state index in [-0.39, 0.29) is 11.7 Å². The van der Waals surface area contributed by atoms with Crippen molar-refractivity contribution in [1.29, 1.82) is 0 Å². The maximum Gasteiger partial charge on any atom is 0.258 e. The Balaban J connectivity index is 1.63. The molecule has 0 atom stereocenters. The quantitative estimate of drug-likeness (QED) is 0.764. The average molecular weight is 373 g/mol. The van der Waals surface area contributed by atoms with Crippen molar-refractivity contribution in [3.8, 4) is 0 Å². The summed E-state index contributed by atoms with van der Waals surface area (Å²) in [5.74, 6) is 0.386. The number of aryl methyl sites for hydroxylation is 1. The van der Waals surface area contributed by atoms with Crippen LogP contribution in [0.2, 0.25) is 0 Å². The zero-order valence-corrected chi connectivity index (χ0v) is 15.8. The fourth-order valence-electron chi connectivity index (χ4n) is 3.09. The largest absolute Gasteiger partial charge is 0.322 e. The second-order valence-electron chi connectivity index (χ2n) is 6.52. The smallest absolute Gasteiger partial charge is 0.258 e. The van der Waals surface area contributed by atoms with Gasteiger partial charge in [0.05, 0.1) is 5.56 Å². The molecule has 2 aromatic rings. The first-order chi connectivity index (χ1) is 12.6. The number of piperidine rings is 1. The lowest BCUT2D eigenvalue weighted by Gasteiger charge is -2.26. The minimum Gasteiger partial charge on any atom is -0.322 e. The summed E-state index contributed by atoms with van der Waals surface area (Å²) in [6, 6.07) is 7.89. The van der Waals surface area contributed by atoms with Gasteiger partial charge in [-0.1, -0.05) is 6.42 Å². The Morgan fingerprint density at radius 3 is 2.85 bits per heavy atom. The molecule has 0 bridgehead atoms. The molecule has 0 aliphatic carbocycles. The first-order valence-corrected chi connectivity index (χ1v) is 10.00. The number of halogens is 1. The predicted molar refractivity (Wildman–Crippen MR) is 104 cm³/mol. The van der Waals surface area contributed by atoms with Crippen LogP contribution in [-0.2, 0) is 0 Å². The summed E-state index contributed by atoms with van der Waals surface area (Å²) in [5.41, 5.74) is 1.87. The van der Waals surface area contributed by atoms with Crippen molar-refractivity contribution in [2.45, 2.75) is 31.2 Å². The summed E-state index contributed by atoms with van der Waals surface area (Å²) in [4.78, 5) is 19.5. The molecule has 1 fully saturated rings. The highest BCUT2D eigenvalue weighted by Gasteiger charge is 2.15. The first-order valence-electron chi connectivity index (χ1n) is 9.01. The van der Waals surface area contributed by atoms with E-state index in [4.69, 9.17) is 0 Å². The van der Waals surface area contributed by atoms with Gasteiger partial charge in [0.25, 0.3) is 5.91 Å². The number of benzene rings is 1. The highest BCUT2D eigenvalue weighted by Crippen LogP contribution is 2.23. The highest BCUT2D eigenvalue weighted by molar-refractivity contribution is 7.99. The monoisotopic (exact) mass is 373 g/mol. The summed E-state index contributed by atoms with van der Waals surface area (Å²) >= 11 is 1.61. The molecular formula is C20H24FN3OS. The molecule has 138 valence electrons.